The van der Waals surface area contributed by atoms with Crippen LogP contribution in [-0.4, -0.2) is 47.7 Å². The second-order valence-corrected chi connectivity index (χ2v) is 11.4. The Morgan fingerprint density at radius 2 is 1.39 bits per heavy atom. The summed E-state index contributed by atoms with van der Waals surface area (Å²) in [6.07, 6.45) is 26.2. The Balaban J connectivity index is 1.33. The molecular formula is C33H54O5. The highest BCUT2D eigenvalue weighted by Crippen LogP contribution is 2.35. The summed E-state index contributed by atoms with van der Waals surface area (Å²) >= 11 is 0. The summed E-state index contributed by atoms with van der Waals surface area (Å²) in [6, 6.07) is 9.09. The van der Waals surface area contributed by atoms with Crippen LogP contribution in [0.5, 0.6) is 0 Å². The fourth-order valence-electron chi connectivity index (χ4n) is 5.40. The van der Waals surface area contributed by atoms with Gasteiger partial charge in [0.15, 0.2) is 0 Å². The van der Waals surface area contributed by atoms with Crippen LogP contribution in [0, 0.1) is 5.41 Å². The largest absolute Gasteiger partial charge is 0.465 e. The monoisotopic (exact) mass is 530 g/mol. The molecule has 1 unspecified atom stereocenters. The molecule has 1 atom stereocenters. The number of ether oxygens (including phenoxy) is 1. The predicted octanol–water partition coefficient (Wildman–Crippen LogP) is 7.02. The highest BCUT2D eigenvalue weighted by Gasteiger charge is 2.30. The Morgan fingerprint density at radius 3 is 2.05 bits per heavy atom. The maximum absolute atomic E-state index is 11.8. The van der Waals surface area contributed by atoms with Gasteiger partial charge in [-0.3, -0.25) is 4.79 Å². The molecule has 5 nitrogen and oxygen atoms in total. The molecule has 3 N–H and O–H groups in total. The number of aryl methyl sites for hydroxylation is 1. The molecule has 1 aliphatic rings. The molecule has 0 heterocycles. The zero-order valence-corrected chi connectivity index (χ0v) is 23.8. The molecule has 216 valence electrons. The summed E-state index contributed by atoms with van der Waals surface area (Å²) in [6.45, 7) is -1.41. The average Bonchev–Trinajstić information content (AvgIpc) is 2.95. The van der Waals surface area contributed by atoms with Crippen molar-refractivity contribution in [1.29, 1.82) is 0 Å². The number of aliphatic hydroxyl groups excluding tert-OH is 3. The van der Waals surface area contributed by atoms with Gasteiger partial charge in [-0.25, -0.2) is 0 Å². The lowest BCUT2D eigenvalue weighted by Gasteiger charge is -2.26. The zero-order chi connectivity index (χ0) is 27.3. The number of aliphatic hydroxyl groups is 3. The molecule has 0 saturated carbocycles. The van der Waals surface area contributed by atoms with Crippen LogP contribution in [0.25, 0.3) is 0 Å². The van der Waals surface area contributed by atoms with Crippen LogP contribution in [0.15, 0.2) is 36.4 Å². The number of fused-ring (bicyclic) bond motifs is 1. The SMILES string of the molecule is O=C(CCCCCCCC=CCCCCCCCCC1CCCc2ccccc21)OCC(CO)(CO)CO. The van der Waals surface area contributed by atoms with Crippen molar-refractivity contribution in [3.63, 3.8) is 0 Å². The lowest BCUT2D eigenvalue weighted by atomic mass is 9.80. The fraction of sp³-hybridized carbons (Fsp3) is 0.727. The minimum atomic E-state index is -1.15. The van der Waals surface area contributed by atoms with Gasteiger partial charge in [0.1, 0.15) is 6.61 Å². The standard InChI is InChI=1S/C33H54O5/c34-25-33(26-35,27-36)28-38-32(37)24-15-13-11-9-7-5-3-1-2-4-6-8-10-12-14-19-29-21-18-22-30-20-16-17-23-31(29)30/h1,3,16-17,20,23,29,34-36H,2,4-15,18-19,21-22,24-28H2. The molecule has 0 radical (unpaired) electrons. The van der Waals surface area contributed by atoms with Crippen molar-refractivity contribution >= 4 is 5.97 Å². The number of allylic oxidation sites excluding steroid dienone is 2. The smallest absolute Gasteiger partial charge is 0.305 e. The summed E-state index contributed by atoms with van der Waals surface area (Å²) in [5.41, 5.74) is 2.08. The van der Waals surface area contributed by atoms with Crippen LogP contribution in [0.4, 0.5) is 0 Å². The topological polar surface area (TPSA) is 87.0 Å². The summed E-state index contributed by atoms with van der Waals surface area (Å²) in [5.74, 6) is 0.470. The number of esters is 1. The second kappa shape index (κ2) is 20.2. The number of benzene rings is 1. The molecule has 0 amide bonds. The molecule has 0 saturated heterocycles. The molecule has 0 fully saturated rings. The van der Waals surface area contributed by atoms with Crippen molar-refractivity contribution in [1.82, 2.24) is 0 Å². The zero-order valence-electron chi connectivity index (χ0n) is 23.8. The summed E-state index contributed by atoms with van der Waals surface area (Å²) in [4.78, 5) is 11.8. The van der Waals surface area contributed by atoms with Gasteiger partial charge in [-0.15, -0.1) is 0 Å². The number of hydrogen-bond acceptors (Lipinski definition) is 5. The van der Waals surface area contributed by atoms with Crippen LogP contribution in [-0.2, 0) is 16.0 Å². The van der Waals surface area contributed by atoms with Gasteiger partial charge >= 0.3 is 5.97 Å². The van der Waals surface area contributed by atoms with Crippen molar-refractivity contribution in [3.05, 3.63) is 47.5 Å². The van der Waals surface area contributed by atoms with Gasteiger partial charge in [-0.1, -0.05) is 87.8 Å². The van der Waals surface area contributed by atoms with Crippen LogP contribution in [0.3, 0.4) is 0 Å². The Bertz CT molecular complexity index is 762. The normalized spacial score (nSPS) is 15.6. The van der Waals surface area contributed by atoms with E-state index < -0.39 is 25.2 Å². The molecule has 5 heteroatoms. The van der Waals surface area contributed by atoms with Gasteiger partial charge in [-0.05, 0) is 74.8 Å². The first-order valence-corrected chi connectivity index (χ1v) is 15.3. The Kier molecular flexibility index (Phi) is 17.3. The molecule has 0 aromatic heterocycles. The van der Waals surface area contributed by atoms with E-state index in [0.29, 0.717) is 6.42 Å². The van der Waals surface area contributed by atoms with Crippen molar-refractivity contribution in [3.8, 4) is 0 Å². The highest BCUT2D eigenvalue weighted by molar-refractivity contribution is 5.69. The number of carbonyl (C=O) groups excluding carboxylic acids is 1. The van der Waals surface area contributed by atoms with E-state index in [1.165, 1.54) is 83.5 Å². The molecule has 0 bridgehead atoms. The molecule has 0 aliphatic heterocycles. The van der Waals surface area contributed by atoms with E-state index in [0.717, 1.165) is 31.6 Å². The molecular weight excluding hydrogens is 476 g/mol. The first-order valence-electron chi connectivity index (χ1n) is 15.3. The third kappa shape index (κ3) is 12.9. The third-order valence-corrected chi connectivity index (χ3v) is 8.13. The van der Waals surface area contributed by atoms with Gasteiger partial charge in [0.25, 0.3) is 0 Å². The van der Waals surface area contributed by atoms with Crippen molar-refractivity contribution in [2.45, 2.75) is 121 Å². The van der Waals surface area contributed by atoms with E-state index in [2.05, 4.69) is 36.4 Å². The molecule has 1 aromatic rings. The summed E-state index contributed by atoms with van der Waals surface area (Å²) < 4.78 is 5.11. The first-order chi connectivity index (χ1) is 18.6. The van der Waals surface area contributed by atoms with E-state index in [1.54, 1.807) is 11.1 Å². The van der Waals surface area contributed by atoms with Crippen molar-refractivity contribution in [2.75, 3.05) is 26.4 Å². The molecule has 2 rings (SSSR count). The minimum Gasteiger partial charge on any atom is -0.465 e. The Hall–Kier alpha value is -1.69. The Labute approximate surface area is 231 Å². The number of hydrogen-bond donors (Lipinski definition) is 3. The van der Waals surface area contributed by atoms with Gasteiger partial charge in [0.05, 0.1) is 25.2 Å². The molecule has 0 spiro atoms. The quantitative estimate of drug-likeness (QED) is 0.0852. The summed E-state index contributed by atoms with van der Waals surface area (Å²) in [7, 11) is 0. The van der Waals surface area contributed by atoms with Gasteiger partial charge < -0.3 is 20.1 Å². The highest BCUT2D eigenvalue weighted by atomic mass is 16.5. The van der Waals surface area contributed by atoms with E-state index in [1.807, 2.05) is 0 Å². The maximum Gasteiger partial charge on any atom is 0.305 e. The lowest BCUT2D eigenvalue weighted by molar-refractivity contribution is -0.151. The Morgan fingerprint density at radius 1 is 0.816 bits per heavy atom. The lowest BCUT2D eigenvalue weighted by Crippen LogP contribution is -2.39. The van der Waals surface area contributed by atoms with Crippen LogP contribution < -0.4 is 0 Å². The number of unbranched alkanes of at least 4 members (excludes halogenated alkanes) is 11. The van der Waals surface area contributed by atoms with Gasteiger partial charge in [0, 0.05) is 6.42 Å². The van der Waals surface area contributed by atoms with Gasteiger partial charge in [0.2, 0.25) is 0 Å². The maximum atomic E-state index is 11.8. The van der Waals surface area contributed by atoms with E-state index in [4.69, 9.17) is 4.74 Å². The summed E-state index contributed by atoms with van der Waals surface area (Å²) in [5, 5.41) is 27.8. The van der Waals surface area contributed by atoms with E-state index in [-0.39, 0.29) is 12.6 Å². The first kappa shape index (κ1) is 32.5. The van der Waals surface area contributed by atoms with E-state index >= 15 is 0 Å². The van der Waals surface area contributed by atoms with Crippen LogP contribution in [0.1, 0.15) is 126 Å². The molecule has 1 aliphatic carbocycles. The predicted molar refractivity (Wildman–Crippen MR) is 155 cm³/mol. The molecule has 1 aromatic carbocycles. The number of rotatable bonds is 22. The van der Waals surface area contributed by atoms with Crippen molar-refractivity contribution < 1.29 is 24.9 Å². The van der Waals surface area contributed by atoms with Crippen molar-refractivity contribution in [2.24, 2.45) is 5.41 Å². The van der Waals surface area contributed by atoms with Gasteiger partial charge in [-0.2, -0.15) is 0 Å². The number of carbonyl (C=O) groups is 1. The third-order valence-electron chi connectivity index (χ3n) is 8.13. The average molecular weight is 531 g/mol. The minimum absolute atomic E-state index is 0.155. The fourth-order valence-corrected chi connectivity index (χ4v) is 5.40. The van der Waals surface area contributed by atoms with Crippen LogP contribution in [0.2, 0.25) is 0 Å². The molecule has 38 heavy (non-hydrogen) atoms. The van der Waals surface area contributed by atoms with E-state index in [9.17, 15) is 20.1 Å². The second-order valence-electron chi connectivity index (χ2n) is 11.4. The van der Waals surface area contributed by atoms with Crippen LogP contribution >= 0.6 is 0 Å².